The zero-order chi connectivity index (χ0) is 14.1. The minimum Gasteiger partial charge on any atom is -0.373 e. The molecular weight excluding hydrogens is 240 g/mol. The summed E-state index contributed by atoms with van der Waals surface area (Å²) in [5, 5.41) is 3.26. The Morgan fingerprint density at radius 1 is 1.16 bits per heavy atom. The van der Waals surface area contributed by atoms with Crippen molar-refractivity contribution in [2.24, 2.45) is 0 Å². The van der Waals surface area contributed by atoms with Crippen molar-refractivity contribution < 1.29 is 9.47 Å². The third-order valence-electron chi connectivity index (χ3n) is 2.43. The van der Waals surface area contributed by atoms with E-state index >= 15 is 0 Å². The van der Waals surface area contributed by atoms with Gasteiger partial charge in [-0.05, 0) is 39.4 Å². The van der Waals surface area contributed by atoms with Gasteiger partial charge in [-0.2, -0.15) is 0 Å². The molecule has 1 N–H and O–H groups in total. The summed E-state index contributed by atoms with van der Waals surface area (Å²) in [6.45, 7) is 11.7. The topological polar surface area (TPSA) is 43.4 Å². The van der Waals surface area contributed by atoms with Crippen LogP contribution in [0, 0.1) is 0 Å². The maximum atomic E-state index is 5.59. The Balaban J connectivity index is 2.25. The second-order valence-electron chi connectivity index (χ2n) is 5.41. The summed E-state index contributed by atoms with van der Waals surface area (Å²) >= 11 is 0. The van der Waals surface area contributed by atoms with Gasteiger partial charge >= 0.3 is 0 Å². The molecule has 0 aliphatic rings. The summed E-state index contributed by atoms with van der Waals surface area (Å²) in [6, 6.07) is 6.03. The lowest BCUT2D eigenvalue weighted by Gasteiger charge is -2.19. The molecule has 1 heterocycles. The number of nitrogens with zero attached hydrogens (tertiary/aromatic N) is 1. The van der Waals surface area contributed by atoms with Gasteiger partial charge in [0.2, 0.25) is 0 Å². The molecule has 0 unspecified atom stereocenters. The Kier molecular flexibility index (Phi) is 6.99. The number of pyridine rings is 1. The van der Waals surface area contributed by atoms with E-state index in [2.05, 4.69) is 17.2 Å². The molecule has 0 saturated carbocycles. The number of hydrogen-bond donors (Lipinski definition) is 1. The number of ether oxygens (including phenoxy) is 2. The van der Waals surface area contributed by atoms with E-state index < -0.39 is 0 Å². The molecule has 0 fully saturated rings. The molecule has 0 amide bonds. The van der Waals surface area contributed by atoms with Crippen LogP contribution in [-0.4, -0.2) is 30.3 Å². The highest BCUT2D eigenvalue weighted by Crippen LogP contribution is 2.06. The van der Waals surface area contributed by atoms with E-state index in [9.17, 15) is 0 Å². The fraction of sp³-hybridized carbons (Fsp3) is 0.667. The number of aromatic nitrogens is 1. The van der Waals surface area contributed by atoms with Crippen LogP contribution in [0.1, 0.15) is 39.1 Å². The molecule has 1 aromatic heterocycles. The van der Waals surface area contributed by atoms with Gasteiger partial charge < -0.3 is 14.8 Å². The van der Waals surface area contributed by atoms with E-state index in [-0.39, 0.29) is 5.60 Å². The molecule has 0 bridgehead atoms. The molecule has 4 heteroatoms. The normalized spacial score (nSPS) is 11.8. The molecule has 0 saturated heterocycles. The van der Waals surface area contributed by atoms with Gasteiger partial charge in [0.1, 0.15) is 0 Å². The van der Waals surface area contributed by atoms with Gasteiger partial charge in [-0.1, -0.05) is 13.0 Å². The van der Waals surface area contributed by atoms with E-state index in [1.165, 1.54) is 0 Å². The third kappa shape index (κ3) is 7.93. The quantitative estimate of drug-likeness (QED) is 0.734. The van der Waals surface area contributed by atoms with Crippen LogP contribution in [0.4, 0.5) is 0 Å². The highest BCUT2D eigenvalue weighted by Gasteiger charge is 2.09. The summed E-state index contributed by atoms with van der Waals surface area (Å²) in [6.07, 6.45) is 0. The Morgan fingerprint density at radius 2 is 1.89 bits per heavy atom. The van der Waals surface area contributed by atoms with Gasteiger partial charge in [-0.3, -0.25) is 4.98 Å². The van der Waals surface area contributed by atoms with Crippen LogP contribution in [0.25, 0.3) is 0 Å². The minimum atomic E-state index is -0.104. The zero-order valence-corrected chi connectivity index (χ0v) is 12.5. The maximum Gasteiger partial charge on any atom is 0.0889 e. The predicted octanol–water partition coefficient (Wildman–Crippen LogP) is 2.52. The lowest BCUT2D eigenvalue weighted by atomic mass is 10.2. The van der Waals surface area contributed by atoms with Crippen LogP contribution in [0.15, 0.2) is 18.2 Å². The predicted molar refractivity (Wildman–Crippen MR) is 77.0 cm³/mol. The first kappa shape index (κ1) is 16.1. The van der Waals surface area contributed by atoms with Gasteiger partial charge in [0, 0.05) is 6.54 Å². The Bertz CT molecular complexity index is 361. The largest absolute Gasteiger partial charge is 0.373 e. The third-order valence-corrected chi connectivity index (χ3v) is 2.43. The average Bonchev–Trinajstić information content (AvgIpc) is 2.35. The lowest BCUT2D eigenvalue weighted by molar-refractivity contribution is -0.0380. The molecule has 4 nitrogen and oxygen atoms in total. The van der Waals surface area contributed by atoms with Crippen molar-refractivity contribution in [2.45, 2.75) is 46.4 Å². The summed E-state index contributed by atoms with van der Waals surface area (Å²) in [4.78, 5) is 4.53. The average molecular weight is 266 g/mol. The highest BCUT2D eigenvalue weighted by atomic mass is 16.5. The summed E-state index contributed by atoms with van der Waals surface area (Å²) in [5.41, 5.74) is 1.91. The first-order chi connectivity index (χ1) is 9.01. The first-order valence-electron chi connectivity index (χ1n) is 6.88. The Morgan fingerprint density at radius 3 is 2.58 bits per heavy atom. The van der Waals surface area contributed by atoms with E-state index in [0.29, 0.717) is 19.8 Å². The molecule has 0 aliphatic heterocycles. The summed E-state index contributed by atoms with van der Waals surface area (Å²) in [5.74, 6) is 0. The van der Waals surface area contributed by atoms with Crippen LogP contribution in [-0.2, 0) is 22.6 Å². The van der Waals surface area contributed by atoms with E-state index in [1.54, 1.807) is 0 Å². The maximum absolute atomic E-state index is 5.59. The van der Waals surface area contributed by atoms with Gasteiger partial charge in [0.25, 0.3) is 0 Å². The molecule has 0 atom stereocenters. The van der Waals surface area contributed by atoms with Crippen molar-refractivity contribution in [3.63, 3.8) is 0 Å². The standard InChI is InChI=1S/C15H26N2O2/c1-5-16-11-13-7-6-8-14(17-13)12-18-9-10-19-15(2,3)4/h6-8,16H,5,9-12H2,1-4H3. The number of hydrogen-bond acceptors (Lipinski definition) is 4. The second-order valence-corrected chi connectivity index (χ2v) is 5.41. The van der Waals surface area contributed by atoms with Crippen LogP contribution in [0.3, 0.4) is 0 Å². The summed E-state index contributed by atoms with van der Waals surface area (Å²) < 4.78 is 11.2. The zero-order valence-electron chi connectivity index (χ0n) is 12.5. The van der Waals surface area contributed by atoms with Crippen molar-refractivity contribution in [3.8, 4) is 0 Å². The molecule has 0 aliphatic carbocycles. The first-order valence-corrected chi connectivity index (χ1v) is 6.88. The molecule has 0 radical (unpaired) electrons. The molecule has 1 aromatic rings. The van der Waals surface area contributed by atoms with Crippen LogP contribution in [0.2, 0.25) is 0 Å². The minimum absolute atomic E-state index is 0.104. The van der Waals surface area contributed by atoms with Gasteiger partial charge in [0.15, 0.2) is 0 Å². The molecule has 108 valence electrons. The monoisotopic (exact) mass is 266 g/mol. The number of rotatable bonds is 8. The molecule has 19 heavy (non-hydrogen) atoms. The fourth-order valence-electron chi connectivity index (χ4n) is 1.54. The Hall–Kier alpha value is -0.970. The Labute approximate surface area is 116 Å². The van der Waals surface area contributed by atoms with Gasteiger partial charge in [0.05, 0.1) is 36.8 Å². The second kappa shape index (κ2) is 8.25. The smallest absolute Gasteiger partial charge is 0.0889 e. The number of nitrogens with one attached hydrogen (secondary N) is 1. The van der Waals surface area contributed by atoms with Gasteiger partial charge in [-0.15, -0.1) is 0 Å². The van der Waals surface area contributed by atoms with Crippen molar-refractivity contribution in [3.05, 3.63) is 29.6 Å². The van der Waals surface area contributed by atoms with E-state index in [0.717, 1.165) is 24.5 Å². The van der Waals surface area contributed by atoms with Crippen molar-refractivity contribution >= 4 is 0 Å². The van der Waals surface area contributed by atoms with Gasteiger partial charge in [-0.25, -0.2) is 0 Å². The van der Waals surface area contributed by atoms with Crippen molar-refractivity contribution in [1.82, 2.24) is 10.3 Å². The van der Waals surface area contributed by atoms with E-state index in [4.69, 9.17) is 9.47 Å². The molecular formula is C15H26N2O2. The highest BCUT2D eigenvalue weighted by molar-refractivity contribution is 5.10. The molecule has 0 spiro atoms. The van der Waals surface area contributed by atoms with E-state index in [1.807, 2.05) is 39.0 Å². The van der Waals surface area contributed by atoms with Crippen LogP contribution in [0.5, 0.6) is 0 Å². The lowest BCUT2D eigenvalue weighted by Crippen LogP contribution is -2.21. The van der Waals surface area contributed by atoms with Crippen molar-refractivity contribution in [1.29, 1.82) is 0 Å². The van der Waals surface area contributed by atoms with Crippen molar-refractivity contribution in [2.75, 3.05) is 19.8 Å². The molecule has 1 rings (SSSR count). The molecule has 0 aromatic carbocycles. The van der Waals surface area contributed by atoms with Crippen LogP contribution >= 0.6 is 0 Å². The SMILES string of the molecule is CCNCc1cccc(COCCOC(C)(C)C)n1. The fourth-order valence-corrected chi connectivity index (χ4v) is 1.54. The van der Waals surface area contributed by atoms with Crippen LogP contribution < -0.4 is 5.32 Å². The summed E-state index contributed by atoms with van der Waals surface area (Å²) in [7, 11) is 0.